The Hall–Kier alpha value is -2.83. The van der Waals surface area contributed by atoms with Gasteiger partial charge in [-0.2, -0.15) is 0 Å². The van der Waals surface area contributed by atoms with Crippen LogP contribution >= 0.6 is 27.7 Å². The molecule has 0 spiro atoms. The molecule has 1 amide bonds. The molecule has 0 bridgehead atoms. The quantitative estimate of drug-likeness (QED) is 0.382. The lowest BCUT2D eigenvalue weighted by Crippen LogP contribution is -2.29. The van der Waals surface area contributed by atoms with E-state index in [2.05, 4.69) is 22.0 Å². The summed E-state index contributed by atoms with van der Waals surface area (Å²) in [5.41, 5.74) is 6.76. The third-order valence-corrected chi connectivity index (χ3v) is 6.87. The van der Waals surface area contributed by atoms with Gasteiger partial charge < -0.3 is 5.11 Å². The average molecular weight is 507 g/mol. The van der Waals surface area contributed by atoms with Crippen molar-refractivity contribution in [3.05, 3.63) is 91.8 Å². The number of hydrogen-bond acceptors (Lipinski definition) is 4. The Labute approximate surface area is 200 Å². The van der Waals surface area contributed by atoms with Gasteiger partial charge in [0, 0.05) is 0 Å². The van der Waals surface area contributed by atoms with Crippen LogP contribution in [0.3, 0.4) is 0 Å². The maximum atomic E-state index is 13.6. The van der Waals surface area contributed by atoms with Crippen molar-refractivity contribution in [2.45, 2.75) is 27.7 Å². The lowest BCUT2D eigenvalue weighted by Gasteiger charge is -2.19. The Bertz CT molecular complexity index is 1300. The van der Waals surface area contributed by atoms with Crippen molar-refractivity contribution in [3.8, 4) is 5.75 Å². The summed E-state index contributed by atoms with van der Waals surface area (Å²) in [4.78, 5) is 20.8. The van der Waals surface area contributed by atoms with Gasteiger partial charge >= 0.3 is 0 Å². The molecule has 3 aromatic carbocycles. The zero-order chi connectivity index (χ0) is 23.0. The second-order valence-corrected chi connectivity index (χ2v) is 9.80. The monoisotopic (exact) mass is 506 g/mol. The molecule has 0 radical (unpaired) electrons. The maximum Gasteiger partial charge on any atom is 0.271 e. The molecule has 4 nitrogen and oxygen atoms in total. The van der Waals surface area contributed by atoms with Gasteiger partial charge in [0.15, 0.2) is 5.17 Å². The van der Waals surface area contributed by atoms with Gasteiger partial charge in [-0.15, -0.1) is 0 Å². The zero-order valence-electron chi connectivity index (χ0n) is 18.3. The molecule has 1 aliphatic rings. The van der Waals surface area contributed by atoms with Gasteiger partial charge in [-0.1, -0.05) is 30.3 Å². The van der Waals surface area contributed by atoms with E-state index in [1.54, 1.807) is 23.1 Å². The van der Waals surface area contributed by atoms with E-state index in [0.717, 1.165) is 39.2 Å². The van der Waals surface area contributed by atoms with Gasteiger partial charge in [0.2, 0.25) is 0 Å². The number of carbonyl (C=O) groups is 1. The topological polar surface area (TPSA) is 52.9 Å². The third-order valence-electron chi connectivity index (χ3n) is 5.26. The van der Waals surface area contributed by atoms with Crippen molar-refractivity contribution < 1.29 is 9.90 Å². The number of nitrogens with zero attached hydrogens (tertiary/aromatic N) is 2. The second kappa shape index (κ2) is 8.96. The fourth-order valence-corrected chi connectivity index (χ4v) is 4.81. The van der Waals surface area contributed by atoms with E-state index in [1.807, 2.05) is 64.1 Å². The number of amidine groups is 1. The molecule has 1 aliphatic heterocycles. The number of anilines is 1. The molecule has 1 heterocycles. The van der Waals surface area contributed by atoms with Crippen LogP contribution in [0, 0.1) is 27.7 Å². The average Bonchev–Trinajstić information content (AvgIpc) is 3.04. The number of thioether (sulfide) groups is 1. The van der Waals surface area contributed by atoms with E-state index in [1.165, 1.54) is 11.8 Å². The number of aryl methyl sites for hydroxylation is 4. The fourth-order valence-electron chi connectivity index (χ4n) is 3.43. The number of phenolic OH excluding ortho intramolecular Hbond substituents is 1. The van der Waals surface area contributed by atoms with E-state index in [0.29, 0.717) is 14.5 Å². The number of aliphatic imine (C=N–C) groups is 1. The van der Waals surface area contributed by atoms with Crippen molar-refractivity contribution in [2.75, 3.05) is 4.90 Å². The van der Waals surface area contributed by atoms with Gasteiger partial charge in [-0.05, 0) is 114 Å². The molecule has 32 heavy (non-hydrogen) atoms. The molecule has 0 unspecified atom stereocenters. The summed E-state index contributed by atoms with van der Waals surface area (Å²) < 4.78 is 0.581. The van der Waals surface area contributed by atoms with E-state index in [-0.39, 0.29) is 11.7 Å². The number of carbonyl (C=O) groups excluding carboxylic acids is 1. The molecular weight excluding hydrogens is 484 g/mol. The number of aromatic hydroxyl groups is 1. The number of benzene rings is 3. The van der Waals surface area contributed by atoms with E-state index in [9.17, 15) is 9.90 Å². The molecule has 0 aliphatic carbocycles. The lowest BCUT2D eigenvalue weighted by atomic mass is 10.1. The van der Waals surface area contributed by atoms with Crippen LogP contribution in [0.15, 0.2) is 69.0 Å². The number of rotatable bonds is 3. The van der Waals surface area contributed by atoms with E-state index < -0.39 is 0 Å². The highest BCUT2D eigenvalue weighted by molar-refractivity contribution is 9.10. The highest BCUT2D eigenvalue weighted by atomic mass is 79.9. The molecule has 1 saturated heterocycles. The van der Waals surface area contributed by atoms with Crippen LogP contribution in [-0.4, -0.2) is 16.2 Å². The first-order valence-electron chi connectivity index (χ1n) is 10.2. The van der Waals surface area contributed by atoms with Crippen LogP contribution < -0.4 is 4.90 Å². The molecule has 3 aromatic rings. The van der Waals surface area contributed by atoms with Crippen molar-refractivity contribution >= 4 is 56.2 Å². The van der Waals surface area contributed by atoms with Crippen molar-refractivity contribution in [2.24, 2.45) is 4.99 Å². The van der Waals surface area contributed by atoms with Crippen LogP contribution in [0.25, 0.3) is 6.08 Å². The first-order chi connectivity index (χ1) is 15.2. The first kappa shape index (κ1) is 22.4. The minimum absolute atomic E-state index is 0.114. The predicted octanol–water partition coefficient (Wildman–Crippen LogP) is 7.20. The standard InChI is InChI=1S/C26H23BrN2O2S/c1-15-5-7-17(3)21(11-15)28-26-29(22-12-16(2)6-8-18(22)4)25(31)24(32-26)14-19-9-10-23(30)20(27)13-19/h5-14,30H,1-4H3/b24-14-,28-26?. The first-order valence-corrected chi connectivity index (χ1v) is 11.8. The van der Waals surface area contributed by atoms with Gasteiger partial charge in [-0.3, -0.25) is 9.69 Å². The summed E-state index contributed by atoms with van der Waals surface area (Å²) in [6.07, 6.45) is 1.83. The normalized spacial score (nSPS) is 16.4. The Morgan fingerprint density at radius 3 is 2.34 bits per heavy atom. The Morgan fingerprint density at radius 1 is 0.938 bits per heavy atom. The zero-order valence-corrected chi connectivity index (χ0v) is 20.7. The molecule has 1 N–H and O–H groups in total. The number of halogens is 1. The highest BCUT2D eigenvalue weighted by Gasteiger charge is 2.35. The molecular formula is C26H23BrN2O2S. The lowest BCUT2D eigenvalue weighted by molar-refractivity contribution is -0.113. The Kier molecular flexibility index (Phi) is 6.26. The van der Waals surface area contributed by atoms with Crippen LogP contribution in [0.4, 0.5) is 11.4 Å². The van der Waals surface area contributed by atoms with Crippen LogP contribution in [0.2, 0.25) is 0 Å². The van der Waals surface area contributed by atoms with Crippen LogP contribution in [0.5, 0.6) is 5.75 Å². The summed E-state index contributed by atoms with van der Waals surface area (Å²) in [7, 11) is 0. The molecule has 6 heteroatoms. The summed E-state index contributed by atoms with van der Waals surface area (Å²) in [5, 5.41) is 10.4. The van der Waals surface area contributed by atoms with Crippen LogP contribution in [-0.2, 0) is 4.79 Å². The summed E-state index contributed by atoms with van der Waals surface area (Å²) in [6.45, 7) is 8.07. The van der Waals surface area contributed by atoms with Crippen molar-refractivity contribution in [1.29, 1.82) is 0 Å². The van der Waals surface area contributed by atoms with Gasteiger partial charge in [0.05, 0.1) is 20.8 Å². The maximum absolute atomic E-state index is 13.6. The molecule has 1 fully saturated rings. The van der Waals surface area contributed by atoms with Gasteiger partial charge in [-0.25, -0.2) is 4.99 Å². The number of phenols is 1. The number of hydrogen-bond donors (Lipinski definition) is 1. The smallest absolute Gasteiger partial charge is 0.271 e. The van der Waals surface area contributed by atoms with E-state index >= 15 is 0 Å². The molecule has 0 aromatic heterocycles. The molecule has 162 valence electrons. The second-order valence-electron chi connectivity index (χ2n) is 7.94. The minimum Gasteiger partial charge on any atom is -0.507 e. The molecule has 0 saturated carbocycles. The van der Waals surface area contributed by atoms with Crippen molar-refractivity contribution in [1.82, 2.24) is 0 Å². The third kappa shape index (κ3) is 4.52. The highest BCUT2D eigenvalue weighted by Crippen LogP contribution is 2.39. The van der Waals surface area contributed by atoms with Crippen molar-refractivity contribution in [3.63, 3.8) is 0 Å². The van der Waals surface area contributed by atoms with Gasteiger partial charge in [0.1, 0.15) is 5.75 Å². The van der Waals surface area contributed by atoms with E-state index in [4.69, 9.17) is 4.99 Å². The molecule has 0 atom stereocenters. The Morgan fingerprint density at radius 2 is 1.62 bits per heavy atom. The van der Waals surface area contributed by atoms with Crippen LogP contribution in [0.1, 0.15) is 27.8 Å². The largest absolute Gasteiger partial charge is 0.507 e. The minimum atomic E-state index is -0.114. The van der Waals surface area contributed by atoms with Gasteiger partial charge in [0.25, 0.3) is 5.91 Å². The summed E-state index contributed by atoms with van der Waals surface area (Å²) in [6, 6.07) is 17.4. The molecule has 4 rings (SSSR count). The fraction of sp³-hybridized carbons (Fsp3) is 0.154. The Balaban J connectivity index is 1.85. The predicted molar refractivity (Wildman–Crippen MR) is 138 cm³/mol. The summed E-state index contributed by atoms with van der Waals surface area (Å²) >= 11 is 4.70. The number of amides is 1. The SMILES string of the molecule is Cc1ccc(C)c(N=C2S/C(=C\c3ccc(O)c(Br)c3)C(=O)N2c2cc(C)ccc2C)c1. The summed E-state index contributed by atoms with van der Waals surface area (Å²) in [5.74, 6) is 0.0451.